The summed E-state index contributed by atoms with van der Waals surface area (Å²) in [6, 6.07) is 14.5. The molecule has 5 aromatic rings. The van der Waals surface area contributed by atoms with Gasteiger partial charge in [0, 0.05) is 110 Å². The number of rotatable bonds is 4. The molecule has 0 atom stereocenters. The molecule has 3 aliphatic heterocycles. The maximum Gasteiger partial charge on any atom is 0.208 e. The lowest BCUT2D eigenvalue weighted by molar-refractivity contribution is 0.267. The number of piperazine rings is 1. The van der Waals surface area contributed by atoms with Gasteiger partial charge in [0.25, 0.3) is 0 Å². The fourth-order valence-electron chi connectivity index (χ4n) is 7.84. The van der Waals surface area contributed by atoms with Crippen LogP contribution in [0.2, 0.25) is 0 Å². The monoisotopic (exact) mass is 689 g/mol. The van der Waals surface area contributed by atoms with Crippen LogP contribution in [0, 0.1) is 24.5 Å². The van der Waals surface area contributed by atoms with Crippen LogP contribution in [0.25, 0.3) is 28.0 Å². The Hall–Kier alpha value is -5.19. The highest BCUT2D eigenvalue weighted by molar-refractivity contribution is 5.85. The van der Waals surface area contributed by atoms with Crippen molar-refractivity contribution in [2.24, 2.45) is 13.0 Å². The van der Waals surface area contributed by atoms with Crippen LogP contribution in [-0.2, 0) is 20.0 Å². The van der Waals surface area contributed by atoms with Crippen LogP contribution in [0.15, 0.2) is 73.6 Å². The molecule has 0 unspecified atom stereocenters. The number of hydrogen-bond acceptors (Lipinski definition) is 7. The van der Waals surface area contributed by atoms with Crippen LogP contribution in [0.5, 0.6) is 0 Å². The topological polar surface area (TPSA) is 70.3 Å². The maximum atomic E-state index is 13.8. The Bertz CT molecular complexity index is 2100. The van der Waals surface area contributed by atoms with Gasteiger partial charge in [0.15, 0.2) is 0 Å². The molecule has 3 aliphatic rings. The van der Waals surface area contributed by atoms with E-state index >= 15 is 0 Å². The largest absolute Gasteiger partial charge is 0.371 e. The average Bonchev–Trinajstić information content (AvgIpc) is 3.63. The van der Waals surface area contributed by atoms with Crippen LogP contribution < -0.4 is 15.1 Å². The van der Waals surface area contributed by atoms with Gasteiger partial charge in [-0.25, -0.2) is 13.8 Å². The molecular formula is C40H45F2N9. The van der Waals surface area contributed by atoms with E-state index in [1.54, 1.807) is 0 Å². The van der Waals surface area contributed by atoms with Crippen molar-refractivity contribution in [3.8, 4) is 11.3 Å². The molecule has 0 aliphatic carbocycles. The second-order valence-electron chi connectivity index (χ2n) is 14.2. The van der Waals surface area contributed by atoms with E-state index in [2.05, 4.69) is 68.3 Å². The summed E-state index contributed by atoms with van der Waals surface area (Å²) in [7, 11) is 2.02. The number of nitrogens with zero attached hydrogens (tertiary/aromatic N) is 8. The molecule has 1 N–H and O–H groups in total. The van der Waals surface area contributed by atoms with Crippen LogP contribution in [-0.4, -0.2) is 68.5 Å². The van der Waals surface area contributed by atoms with Crippen LogP contribution in [0.4, 0.5) is 26.1 Å². The van der Waals surface area contributed by atoms with E-state index in [-0.39, 0.29) is 0 Å². The predicted molar refractivity (Wildman–Crippen MR) is 201 cm³/mol. The molecule has 11 heteroatoms. The van der Waals surface area contributed by atoms with E-state index in [1.807, 2.05) is 29.7 Å². The van der Waals surface area contributed by atoms with Crippen molar-refractivity contribution in [3.05, 3.63) is 102 Å². The summed E-state index contributed by atoms with van der Waals surface area (Å²) in [5.74, 6) is 0.0805. The molecule has 2 aromatic carbocycles. The number of aromatic nitrogens is 5. The van der Waals surface area contributed by atoms with Crippen molar-refractivity contribution >= 4 is 34.1 Å². The normalized spacial score (nSPS) is 17.3. The van der Waals surface area contributed by atoms with Gasteiger partial charge in [0.1, 0.15) is 11.6 Å². The van der Waals surface area contributed by atoms with Crippen molar-refractivity contribution in [3.63, 3.8) is 0 Å². The van der Waals surface area contributed by atoms with Gasteiger partial charge in [-0.05, 0) is 68.7 Å². The number of benzene rings is 2. The van der Waals surface area contributed by atoms with Gasteiger partial charge in [-0.15, -0.1) is 0 Å². The van der Waals surface area contributed by atoms with Crippen LogP contribution >= 0.6 is 0 Å². The van der Waals surface area contributed by atoms with E-state index in [1.165, 1.54) is 23.5 Å². The standard InChI is InChI=1S/C40H45F2N9/c1-26-17-29-18-37(44-26)35-23-43-47(4)38(35)9-7-5-6-8-12-51-39-22-33(10-11-36(39)46-40(51)45-27(29)2)50-24-30(25-50)28(3)48-13-15-49(16-14-48)34-20-31(41)19-32(42)21-34/h10-11,17-23,30H,2-3,5-9,12-16,24-25H2,1,4H3,(H,45,46). The lowest BCUT2D eigenvalue weighted by Crippen LogP contribution is -2.53. The molecule has 0 radical (unpaired) electrons. The number of pyridine rings is 1. The third-order valence-electron chi connectivity index (χ3n) is 10.8. The minimum atomic E-state index is -0.542. The molecule has 2 bridgehead atoms. The number of nitrogens with one attached hydrogen (secondary N) is 1. The Kier molecular flexibility index (Phi) is 8.73. The van der Waals surface area contributed by atoms with Gasteiger partial charge < -0.3 is 24.6 Å². The Morgan fingerprint density at radius 1 is 0.843 bits per heavy atom. The van der Waals surface area contributed by atoms with E-state index in [4.69, 9.17) is 9.97 Å². The zero-order valence-corrected chi connectivity index (χ0v) is 29.5. The van der Waals surface area contributed by atoms with Crippen molar-refractivity contribution in [1.82, 2.24) is 29.2 Å². The van der Waals surface area contributed by atoms with E-state index in [0.717, 1.165) is 122 Å². The highest BCUT2D eigenvalue weighted by Crippen LogP contribution is 2.35. The van der Waals surface area contributed by atoms with Gasteiger partial charge in [-0.1, -0.05) is 26.0 Å². The Morgan fingerprint density at radius 2 is 1.61 bits per heavy atom. The van der Waals surface area contributed by atoms with Crippen molar-refractivity contribution < 1.29 is 8.78 Å². The molecule has 0 amide bonds. The van der Waals surface area contributed by atoms with Crippen molar-refractivity contribution in [2.45, 2.75) is 45.6 Å². The number of hydrogen-bond donors (Lipinski definition) is 1. The molecule has 9 nitrogen and oxygen atoms in total. The minimum absolute atomic E-state index is 0.364. The molecule has 2 saturated heterocycles. The average molecular weight is 690 g/mol. The van der Waals surface area contributed by atoms with Gasteiger partial charge in [0.05, 0.1) is 22.9 Å². The summed E-state index contributed by atoms with van der Waals surface area (Å²) >= 11 is 0. The number of anilines is 3. The molecular weight excluding hydrogens is 644 g/mol. The third-order valence-corrected chi connectivity index (χ3v) is 10.8. The molecule has 2 fully saturated rings. The van der Waals surface area contributed by atoms with Crippen LogP contribution in [0.3, 0.4) is 0 Å². The highest BCUT2D eigenvalue weighted by Gasteiger charge is 2.33. The molecule has 51 heavy (non-hydrogen) atoms. The first-order valence-electron chi connectivity index (χ1n) is 18.1. The number of aryl methyl sites for hydroxylation is 3. The summed E-state index contributed by atoms with van der Waals surface area (Å²) < 4.78 is 31.9. The Labute approximate surface area is 297 Å². The second-order valence-corrected chi connectivity index (χ2v) is 14.2. The molecule has 264 valence electrons. The number of halogens is 2. The Balaban J connectivity index is 0.974. The van der Waals surface area contributed by atoms with Gasteiger partial charge in [-0.3, -0.25) is 9.67 Å². The molecule has 6 heterocycles. The third kappa shape index (κ3) is 6.57. The quantitative estimate of drug-likeness (QED) is 0.211. The van der Waals surface area contributed by atoms with Crippen molar-refractivity contribution in [2.75, 3.05) is 54.4 Å². The summed E-state index contributed by atoms with van der Waals surface area (Å²) in [5.41, 5.74) is 10.9. The molecule has 0 spiro atoms. The summed E-state index contributed by atoms with van der Waals surface area (Å²) in [4.78, 5) is 16.7. The van der Waals surface area contributed by atoms with E-state index in [0.29, 0.717) is 24.7 Å². The molecule has 0 saturated carbocycles. The first-order valence-corrected chi connectivity index (χ1v) is 18.1. The smallest absolute Gasteiger partial charge is 0.208 e. The highest BCUT2D eigenvalue weighted by atomic mass is 19.1. The molecule has 8 rings (SSSR count). The molecule has 3 aromatic heterocycles. The van der Waals surface area contributed by atoms with E-state index in [9.17, 15) is 8.78 Å². The van der Waals surface area contributed by atoms with Crippen molar-refractivity contribution in [1.29, 1.82) is 0 Å². The first-order chi connectivity index (χ1) is 24.7. The maximum absolute atomic E-state index is 13.8. The SMILES string of the molecule is C=C1Nc2nc3ccc(N4CC(C(=C)N5CCN(c6cc(F)cc(F)c6)CC5)C4)cc3n2CCCCCCc2c(cnn2C)-c2cc1cc(C)n2. The fourth-order valence-corrected chi connectivity index (χ4v) is 7.84. The Morgan fingerprint density at radius 3 is 2.39 bits per heavy atom. The lowest BCUT2D eigenvalue weighted by atomic mass is 9.94. The summed E-state index contributed by atoms with van der Waals surface area (Å²) in [5, 5.41) is 8.15. The summed E-state index contributed by atoms with van der Waals surface area (Å²) in [6.07, 6.45) is 7.32. The zero-order valence-electron chi connectivity index (χ0n) is 29.5. The number of imidazole rings is 1. The summed E-state index contributed by atoms with van der Waals surface area (Å²) in [6.45, 7) is 16.6. The zero-order chi connectivity index (χ0) is 35.2. The number of fused-ring (bicyclic) bond motifs is 7. The van der Waals surface area contributed by atoms with Gasteiger partial charge >= 0.3 is 0 Å². The fraction of sp³-hybridized carbons (Fsp3) is 0.375. The minimum Gasteiger partial charge on any atom is -0.371 e. The first kappa shape index (κ1) is 33.0. The predicted octanol–water partition coefficient (Wildman–Crippen LogP) is 7.39. The van der Waals surface area contributed by atoms with Gasteiger partial charge in [0.2, 0.25) is 5.95 Å². The van der Waals surface area contributed by atoms with Crippen LogP contribution in [0.1, 0.15) is 42.6 Å². The van der Waals surface area contributed by atoms with Gasteiger partial charge in [-0.2, -0.15) is 5.10 Å². The van der Waals surface area contributed by atoms with E-state index < -0.39 is 11.6 Å². The lowest BCUT2D eigenvalue weighted by Gasteiger charge is -2.47. The second kappa shape index (κ2) is 13.5.